The van der Waals surface area contributed by atoms with Crippen LogP contribution in [-0.4, -0.2) is 34.6 Å². The third kappa shape index (κ3) is 5.66. The average Bonchev–Trinajstić information content (AvgIpc) is 2.87. The van der Waals surface area contributed by atoms with Gasteiger partial charge in [0.05, 0.1) is 22.9 Å². The zero-order valence-corrected chi connectivity index (χ0v) is 21.4. The van der Waals surface area contributed by atoms with Gasteiger partial charge in [-0.2, -0.15) is 0 Å². The Morgan fingerprint density at radius 2 is 1.84 bits per heavy atom. The third-order valence-electron chi connectivity index (χ3n) is 5.42. The van der Waals surface area contributed by atoms with Crippen molar-refractivity contribution in [3.63, 3.8) is 0 Å². The molecule has 38 heavy (non-hydrogen) atoms. The fraction of sp³-hybridized carbons (Fsp3) is 0.111. The average molecular weight is 555 g/mol. The van der Waals surface area contributed by atoms with Crippen LogP contribution in [0.4, 0.5) is 10.1 Å². The Balaban J connectivity index is 1.64. The Kier molecular flexibility index (Phi) is 8.04. The Hall–Kier alpha value is -4.28. The molecule has 2 amide bonds. The summed E-state index contributed by atoms with van der Waals surface area (Å²) < 4.78 is 25.9. The summed E-state index contributed by atoms with van der Waals surface area (Å²) in [6.45, 7) is 2.11. The van der Waals surface area contributed by atoms with Gasteiger partial charge in [0.1, 0.15) is 18.0 Å². The van der Waals surface area contributed by atoms with Crippen molar-refractivity contribution in [1.29, 1.82) is 0 Å². The molecule has 0 unspecified atom stereocenters. The summed E-state index contributed by atoms with van der Waals surface area (Å²) in [6.07, 6.45) is 1.30. The molecule has 8 nitrogen and oxygen atoms in total. The van der Waals surface area contributed by atoms with Gasteiger partial charge in [-0.15, -0.1) is 0 Å². The fourth-order valence-corrected chi connectivity index (χ4v) is 4.20. The first-order chi connectivity index (χ1) is 18.2. The summed E-state index contributed by atoms with van der Waals surface area (Å²) in [5.74, 6) is -2.77. The Morgan fingerprint density at radius 3 is 2.50 bits per heavy atom. The zero-order valence-electron chi connectivity index (χ0n) is 19.9. The molecule has 0 saturated carbocycles. The highest BCUT2D eigenvalue weighted by Gasteiger charge is 2.35. The van der Waals surface area contributed by atoms with E-state index in [0.717, 1.165) is 4.90 Å². The maximum atomic E-state index is 14.4. The van der Waals surface area contributed by atoms with Crippen LogP contribution in [0.3, 0.4) is 0 Å². The maximum Gasteiger partial charge on any atom is 0.335 e. The first kappa shape index (κ1) is 26.8. The number of halogens is 2. The molecule has 0 atom stereocenters. The molecular formula is C27H20ClFN2O6S. The second-order valence-corrected chi connectivity index (χ2v) is 8.76. The van der Waals surface area contributed by atoms with Crippen molar-refractivity contribution in [2.24, 2.45) is 0 Å². The van der Waals surface area contributed by atoms with Crippen LogP contribution < -0.4 is 19.7 Å². The van der Waals surface area contributed by atoms with Crippen LogP contribution in [-0.2, 0) is 16.2 Å². The van der Waals surface area contributed by atoms with E-state index in [9.17, 15) is 18.8 Å². The molecule has 1 fully saturated rings. The molecule has 0 bridgehead atoms. The minimum Gasteiger partial charge on any atom is -0.490 e. The molecule has 1 heterocycles. The van der Waals surface area contributed by atoms with Gasteiger partial charge in [-0.25, -0.2) is 14.1 Å². The van der Waals surface area contributed by atoms with E-state index in [4.69, 9.17) is 38.4 Å². The first-order valence-corrected chi connectivity index (χ1v) is 12.1. The highest BCUT2D eigenvalue weighted by Crippen LogP contribution is 2.38. The molecule has 194 valence electrons. The molecule has 0 aromatic heterocycles. The summed E-state index contributed by atoms with van der Waals surface area (Å²) >= 11 is 11.6. The second-order valence-electron chi connectivity index (χ2n) is 7.96. The van der Waals surface area contributed by atoms with Gasteiger partial charge in [0.15, 0.2) is 16.6 Å². The molecule has 1 aliphatic rings. The van der Waals surface area contributed by atoms with E-state index < -0.39 is 23.6 Å². The van der Waals surface area contributed by atoms with E-state index in [0.29, 0.717) is 11.1 Å². The Bertz CT molecular complexity index is 1470. The van der Waals surface area contributed by atoms with E-state index in [2.05, 4.69) is 5.32 Å². The molecule has 1 saturated heterocycles. The molecular weight excluding hydrogens is 535 g/mol. The molecule has 3 aromatic rings. The third-order valence-corrected chi connectivity index (χ3v) is 5.99. The predicted molar refractivity (Wildman–Crippen MR) is 143 cm³/mol. The van der Waals surface area contributed by atoms with Gasteiger partial charge in [0, 0.05) is 0 Å². The summed E-state index contributed by atoms with van der Waals surface area (Å²) in [5, 5.41) is 11.4. The van der Waals surface area contributed by atoms with Crippen molar-refractivity contribution in [1.82, 2.24) is 5.32 Å². The van der Waals surface area contributed by atoms with Crippen molar-refractivity contribution in [2.45, 2.75) is 13.5 Å². The van der Waals surface area contributed by atoms with Gasteiger partial charge in [-0.3, -0.25) is 14.9 Å². The number of carboxylic acid groups (broad SMARTS) is 1. The number of amides is 2. The molecule has 0 radical (unpaired) electrons. The molecule has 4 rings (SSSR count). The topological polar surface area (TPSA) is 105 Å². The van der Waals surface area contributed by atoms with E-state index in [1.807, 2.05) is 0 Å². The van der Waals surface area contributed by atoms with Crippen LogP contribution >= 0.6 is 23.8 Å². The number of para-hydroxylation sites is 1. The Labute approximate surface area is 227 Å². The molecule has 1 aliphatic heterocycles. The minimum absolute atomic E-state index is 0.0794. The van der Waals surface area contributed by atoms with Gasteiger partial charge in [-0.05, 0) is 72.7 Å². The number of thiocarbonyl (C=S) groups is 1. The standard InChI is InChI=1S/C27H20ClFN2O6S/c1-2-36-22-13-16(12-19(28)23(22)37-14-15-7-9-17(10-8-15)26(34)35)11-18-24(32)30-27(38)31(25(18)33)21-6-4-3-5-20(21)29/h3-13H,2,14H2,1H3,(H,34,35)(H,30,32,38)/b18-11+. The highest BCUT2D eigenvalue weighted by atomic mass is 35.5. The Morgan fingerprint density at radius 1 is 1.13 bits per heavy atom. The minimum atomic E-state index is -1.03. The molecule has 0 aliphatic carbocycles. The number of carbonyl (C=O) groups excluding carboxylic acids is 2. The van der Waals surface area contributed by atoms with Crippen LogP contribution in [0.25, 0.3) is 6.08 Å². The van der Waals surface area contributed by atoms with E-state index >= 15 is 0 Å². The molecule has 11 heteroatoms. The molecule has 2 N–H and O–H groups in total. The number of nitrogens with one attached hydrogen (secondary N) is 1. The normalized spacial score (nSPS) is 14.4. The monoisotopic (exact) mass is 554 g/mol. The zero-order chi connectivity index (χ0) is 27.4. The van der Waals surface area contributed by atoms with Crippen molar-refractivity contribution in [3.05, 3.63) is 93.8 Å². The van der Waals surface area contributed by atoms with Gasteiger partial charge in [-0.1, -0.05) is 35.9 Å². The lowest BCUT2D eigenvalue weighted by Gasteiger charge is -2.29. The fourth-order valence-electron chi connectivity index (χ4n) is 3.65. The number of carbonyl (C=O) groups is 3. The van der Waals surface area contributed by atoms with Gasteiger partial charge in [0.2, 0.25) is 0 Å². The van der Waals surface area contributed by atoms with Crippen LogP contribution in [0.5, 0.6) is 11.5 Å². The van der Waals surface area contributed by atoms with E-state index in [-0.39, 0.29) is 51.7 Å². The van der Waals surface area contributed by atoms with Crippen LogP contribution in [0.1, 0.15) is 28.4 Å². The van der Waals surface area contributed by atoms with Gasteiger partial charge >= 0.3 is 5.97 Å². The van der Waals surface area contributed by atoms with Crippen molar-refractivity contribution < 1.29 is 33.4 Å². The van der Waals surface area contributed by atoms with E-state index in [1.54, 1.807) is 31.2 Å². The number of rotatable bonds is 8. The highest BCUT2D eigenvalue weighted by molar-refractivity contribution is 7.80. The number of hydrogen-bond acceptors (Lipinski definition) is 6. The number of benzene rings is 3. The number of carboxylic acids is 1. The number of aromatic carboxylic acids is 1. The number of hydrogen-bond donors (Lipinski definition) is 2. The van der Waals surface area contributed by atoms with Crippen molar-refractivity contribution >= 4 is 58.5 Å². The first-order valence-electron chi connectivity index (χ1n) is 11.3. The number of anilines is 1. The van der Waals surface area contributed by atoms with Gasteiger partial charge < -0.3 is 14.6 Å². The predicted octanol–water partition coefficient (Wildman–Crippen LogP) is 4.99. The lowest BCUT2D eigenvalue weighted by molar-refractivity contribution is -0.122. The smallest absolute Gasteiger partial charge is 0.335 e. The van der Waals surface area contributed by atoms with Crippen LogP contribution in [0.15, 0.2) is 66.2 Å². The van der Waals surface area contributed by atoms with Crippen LogP contribution in [0, 0.1) is 5.82 Å². The van der Waals surface area contributed by atoms with Crippen molar-refractivity contribution in [2.75, 3.05) is 11.5 Å². The number of ether oxygens (including phenoxy) is 2. The SMILES string of the molecule is CCOc1cc(/C=C2\C(=O)NC(=S)N(c3ccccc3F)C2=O)cc(Cl)c1OCc1ccc(C(=O)O)cc1. The molecule has 0 spiro atoms. The summed E-state index contributed by atoms with van der Waals surface area (Å²) in [4.78, 5) is 37.8. The largest absolute Gasteiger partial charge is 0.490 e. The lowest BCUT2D eigenvalue weighted by atomic mass is 10.1. The quantitative estimate of drug-likeness (QED) is 0.230. The maximum absolute atomic E-state index is 14.4. The second kappa shape index (κ2) is 11.4. The van der Waals surface area contributed by atoms with E-state index in [1.165, 1.54) is 42.5 Å². The molecule has 3 aromatic carbocycles. The lowest BCUT2D eigenvalue weighted by Crippen LogP contribution is -2.54. The summed E-state index contributed by atoms with van der Waals surface area (Å²) in [6, 6.07) is 14.8. The van der Waals surface area contributed by atoms with Crippen LogP contribution in [0.2, 0.25) is 5.02 Å². The number of nitrogens with zero attached hydrogens (tertiary/aromatic N) is 1. The summed E-state index contributed by atoms with van der Waals surface area (Å²) in [7, 11) is 0. The summed E-state index contributed by atoms with van der Waals surface area (Å²) in [5.41, 5.74) is 0.828. The van der Waals surface area contributed by atoms with Gasteiger partial charge in [0.25, 0.3) is 11.8 Å². The van der Waals surface area contributed by atoms with Crippen molar-refractivity contribution in [3.8, 4) is 11.5 Å².